The van der Waals surface area contributed by atoms with E-state index < -0.39 is 0 Å². The van der Waals surface area contributed by atoms with Crippen LogP contribution in [0.4, 0.5) is 0 Å². The van der Waals surface area contributed by atoms with Gasteiger partial charge in [0.25, 0.3) is 5.56 Å². The van der Waals surface area contributed by atoms with Crippen molar-refractivity contribution in [1.29, 1.82) is 0 Å². The zero-order chi connectivity index (χ0) is 17.1. The molecule has 5 nitrogen and oxygen atoms in total. The van der Waals surface area contributed by atoms with Gasteiger partial charge in [-0.15, -0.1) is 0 Å². The average Bonchev–Trinajstić information content (AvgIpc) is 2.56. The molecule has 0 aliphatic carbocycles. The van der Waals surface area contributed by atoms with Crippen LogP contribution in [0.3, 0.4) is 0 Å². The van der Waals surface area contributed by atoms with Crippen molar-refractivity contribution in [2.24, 2.45) is 0 Å². The molecule has 1 aromatic carbocycles. The number of pyridine rings is 1. The van der Waals surface area contributed by atoms with E-state index in [9.17, 15) is 4.79 Å². The van der Waals surface area contributed by atoms with E-state index >= 15 is 0 Å². The van der Waals surface area contributed by atoms with E-state index in [1.807, 2.05) is 56.6 Å². The monoisotopic (exact) mass is 323 g/mol. The molecule has 0 N–H and O–H groups in total. The second-order valence-corrected chi connectivity index (χ2v) is 6.04. The quantitative estimate of drug-likeness (QED) is 0.724. The summed E-state index contributed by atoms with van der Waals surface area (Å²) in [5, 5.41) is 0. The smallest absolute Gasteiger partial charge is 0.258 e. The number of hydrogen-bond acceptors (Lipinski definition) is 4. The number of fused-ring (bicyclic) bond motifs is 1. The lowest BCUT2D eigenvalue weighted by molar-refractivity contribution is 0.315. The molecule has 24 heavy (non-hydrogen) atoms. The van der Waals surface area contributed by atoms with Crippen LogP contribution in [-0.2, 0) is 13.1 Å². The maximum Gasteiger partial charge on any atom is 0.258 e. The van der Waals surface area contributed by atoms with Gasteiger partial charge in [-0.1, -0.05) is 18.2 Å². The van der Waals surface area contributed by atoms with Crippen LogP contribution < -0.4 is 10.3 Å². The highest BCUT2D eigenvalue weighted by molar-refractivity contribution is 5.40. The summed E-state index contributed by atoms with van der Waals surface area (Å²) in [4.78, 5) is 19.0. The molecule has 124 valence electrons. The molecule has 0 spiro atoms. The SMILES string of the molecule is COc1ccc(CN(C)Cc2cc(=O)n3cc(C)ccc3n2)cc1. The fourth-order valence-electron chi connectivity index (χ4n) is 2.71. The molecule has 0 saturated carbocycles. The minimum atomic E-state index is -0.0449. The summed E-state index contributed by atoms with van der Waals surface area (Å²) in [6, 6.07) is 13.4. The van der Waals surface area contributed by atoms with Gasteiger partial charge in [-0.25, -0.2) is 4.98 Å². The van der Waals surface area contributed by atoms with Crippen molar-refractivity contribution in [2.45, 2.75) is 20.0 Å². The molecule has 0 unspecified atom stereocenters. The molecule has 3 rings (SSSR count). The lowest BCUT2D eigenvalue weighted by atomic mass is 10.2. The Morgan fingerprint density at radius 3 is 2.58 bits per heavy atom. The fraction of sp³-hybridized carbons (Fsp3) is 0.263. The van der Waals surface area contributed by atoms with E-state index in [1.165, 1.54) is 5.56 Å². The lowest BCUT2D eigenvalue weighted by Gasteiger charge is -2.16. The van der Waals surface area contributed by atoms with Crippen molar-refractivity contribution < 1.29 is 4.74 Å². The minimum absolute atomic E-state index is 0.0449. The highest BCUT2D eigenvalue weighted by atomic mass is 16.5. The van der Waals surface area contributed by atoms with E-state index in [2.05, 4.69) is 9.88 Å². The molecule has 0 saturated heterocycles. The fourth-order valence-corrected chi connectivity index (χ4v) is 2.71. The third kappa shape index (κ3) is 3.63. The molecule has 0 atom stereocenters. The molecular weight excluding hydrogens is 302 g/mol. The summed E-state index contributed by atoms with van der Waals surface area (Å²) in [6.45, 7) is 3.35. The van der Waals surface area contributed by atoms with Gasteiger partial charge in [0.05, 0.1) is 12.8 Å². The van der Waals surface area contributed by atoms with Crippen LogP contribution in [-0.4, -0.2) is 28.4 Å². The average molecular weight is 323 g/mol. The summed E-state index contributed by atoms with van der Waals surface area (Å²) < 4.78 is 6.76. The van der Waals surface area contributed by atoms with Crippen LogP contribution in [0.15, 0.2) is 53.5 Å². The van der Waals surface area contributed by atoms with Crippen molar-refractivity contribution in [2.75, 3.05) is 14.2 Å². The van der Waals surface area contributed by atoms with Crippen molar-refractivity contribution in [1.82, 2.24) is 14.3 Å². The molecule has 0 bridgehead atoms. The third-order valence-electron chi connectivity index (χ3n) is 3.90. The van der Waals surface area contributed by atoms with E-state index in [-0.39, 0.29) is 5.56 Å². The summed E-state index contributed by atoms with van der Waals surface area (Å²) in [7, 11) is 3.68. The minimum Gasteiger partial charge on any atom is -0.497 e. The topological polar surface area (TPSA) is 46.8 Å². The van der Waals surface area contributed by atoms with Crippen LogP contribution in [0.25, 0.3) is 5.65 Å². The van der Waals surface area contributed by atoms with Crippen LogP contribution in [0, 0.1) is 6.92 Å². The number of aryl methyl sites for hydroxylation is 1. The van der Waals surface area contributed by atoms with E-state index in [0.29, 0.717) is 12.2 Å². The van der Waals surface area contributed by atoms with Gasteiger partial charge in [-0.3, -0.25) is 14.1 Å². The number of nitrogens with zero attached hydrogens (tertiary/aromatic N) is 3. The van der Waals surface area contributed by atoms with Gasteiger partial charge in [0.15, 0.2) is 0 Å². The van der Waals surface area contributed by atoms with Crippen LogP contribution in [0.1, 0.15) is 16.8 Å². The first-order chi connectivity index (χ1) is 11.5. The molecule has 2 heterocycles. The molecule has 0 aliphatic rings. The van der Waals surface area contributed by atoms with E-state index in [4.69, 9.17) is 4.74 Å². The predicted octanol–water partition coefficient (Wildman–Crippen LogP) is 2.64. The van der Waals surface area contributed by atoms with Crippen LogP contribution in [0.5, 0.6) is 5.75 Å². The Morgan fingerprint density at radius 2 is 1.88 bits per heavy atom. The maximum atomic E-state index is 12.3. The first-order valence-corrected chi connectivity index (χ1v) is 7.85. The van der Waals surface area contributed by atoms with Crippen molar-refractivity contribution >= 4 is 5.65 Å². The van der Waals surface area contributed by atoms with E-state index in [1.54, 1.807) is 17.6 Å². The Kier molecular flexibility index (Phi) is 4.62. The predicted molar refractivity (Wildman–Crippen MR) is 94.4 cm³/mol. The zero-order valence-corrected chi connectivity index (χ0v) is 14.2. The first kappa shape index (κ1) is 16.2. The highest BCUT2D eigenvalue weighted by Gasteiger charge is 2.07. The van der Waals surface area contributed by atoms with Crippen molar-refractivity contribution in [3.8, 4) is 5.75 Å². The summed E-state index contributed by atoms with van der Waals surface area (Å²) in [5.74, 6) is 0.848. The van der Waals surface area contributed by atoms with Gasteiger partial charge < -0.3 is 4.74 Å². The molecule has 2 aromatic heterocycles. The Balaban J connectivity index is 1.76. The molecule has 0 radical (unpaired) electrons. The molecule has 3 aromatic rings. The summed E-state index contributed by atoms with van der Waals surface area (Å²) in [6.07, 6.45) is 1.81. The van der Waals surface area contributed by atoms with Gasteiger partial charge in [0.2, 0.25) is 0 Å². The maximum absolute atomic E-state index is 12.3. The number of benzene rings is 1. The molecule has 0 amide bonds. The standard InChI is InChI=1S/C19H21N3O2/c1-14-4-9-18-20-16(10-19(23)22(18)11-14)13-21(2)12-15-5-7-17(24-3)8-6-15/h4-11H,12-13H2,1-3H3. The van der Waals surface area contributed by atoms with Crippen LogP contribution in [0.2, 0.25) is 0 Å². The molecule has 0 aliphatic heterocycles. The van der Waals surface area contributed by atoms with Crippen LogP contribution >= 0.6 is 0 Å². The van der Waals surface area contributed by atoms with Crippen molar-refractivity contribution in [3.05, 3.63) is 75.8 Å². The van der Waals surface area contributed by atoms with Crippen molar-refractivity contribution in [3.63, 3.8) is 0 Å². The largest absolute Gasteiger partial charge is 0.497 e. The van der Waals surface area contributed by atoms with E-state index in [0.717, 1.165) is 23.6 Å². The molecular formula is C19H21N3O2. The Morgan fingerprint density at radius 1 is 1.12 bits per heavy atom. The first-order valence-electron chi connectivity index (χ1n) is 7.85. The second-order valence-electron chi connectivity index (χ2n) is 6.04. The highest BCUT2D eigenvalue weighted by Crippen LogP contribution is 2.13. The number of rotatable bonds is 5. The normalized spacial score (nSPS) is 11.2. The molecule has 5 heteroatoms. The Labute approximate surface area is 141 Å². The molecule has 0 fully saturated rings. The number of methoxy groups -OCH3 is 1. The van der Waals surface area contributed by atoms with Gasteiger partial charge in [-0.05, 0) is 43.3 Å². The second kappa shape index (κ2) is 6.84. The Bertz CT molecular complexity index is 901. The van der Waals surface area contributed by atoms with Gasteiger partial charge >= 0.3 is 0 Å². The van der Waals surface area contributed by atoms with Gasteiger partial charge in [0.1, 0.15) is 11.4 Å². The summed E-state index contributed by atoms with van der Waals surface area (Å²) in [5.41, 5.74) is 3.64. The summed E-state index contributed by atoms with van der Waals surface area (Å²) >= 11 is 0. The number of hydrogen-bond donors (Lipinski definition) is 0. The van der Waals surface area contributed by atoms with Gasteiger partial charge in [0, 0.05) is 25.4 Å². The Hall–Kier alpha value is -2.66. The van der Waals surface area contributed by atoms with Gasteiger partial charge in [-0.2, -0.15) is 0 Å². The zero-order valence-electron chi connectivity index (χ0n) is 14.2. The lowest BCUT2D eigenvalue weighted by Crippen LogP contribution is -2.22. The number of ether oxygens (including phenoxy) is 1. The number of aromatic nitrogens is 2. The third-order valence-corrected chi connectivity index (χ3v) is 3.90.